The van der Waals surface area contributed by atoms with Crippen molar-refractivity contribution < 1.29 is 18.4 Å². The van der Waals surface area contributed by atoms with E-state index in [9.17, 15) is 18.4 Å². The summed E-state index contributed by atoms with van der Waals surface area (Å²) in [5.74, 6) is -1.49. The number of aromatic nitrogens is 1. The van der Waals surface area contributed by atoms with Gasteiger partial charge in [0.2, 0.25) is 0 Å². The third-order valence-corrected chi connectivity index (χ3v) is 5.69. The van der Waals surface area contributed by atoms with Gasteiger partial charge in [-0.3, -0.25) is 14.9 Å². The Morgan fingerprint density at radius 2 is 1.93 bits per heavy atom. The fourth-order valence-electron chi connectivity index (χ4n) is 2.95. The predicted octanol–water partition coefficient (Wildman–Crippen LogP) is 3.37. The van der Waals surface area contributed by atoms with Crippen LogP contribution in [0.1, 0.15) is 35.4 Å². The van der Waals surface area contributed by atoms with Crippen LogP contribution in [0.3, 0.4) is 0 Å². The molecule has 27 heavy (non-hydrogen) atoms. The number of hydrogen-bond donors (Lipinski definition) is 2. The summed E-state index contributed by atoms with van der Waals surface area (Å²) < 4.78 is 25.7. The van der Waals surface area contributed by atoms with E-state index < -0.39 is 18.0 Å². The third kappa shape index (κ3) is 5.32. The van der Waals surface area contributed by atoms with Gasteiger partial charge in [-0.2, -0.15) is 0 Å². The van der Waals surface area contributed by atoms with E-state index in [1.807, 2.05) is 6.92 Å². The molecule has 144 valence electrons. The van der Waals surface area contributed by atoms with E-state index in [1.54, 1.807) is 12.1 Å². The first-order valence-corrected chi connectivity index (χ1v) is 9.66. The normalized spacial score (nSPS) is 18.6. The van der Waals surface area contributed by atoms with E-state index in [4.69, 9.17) is 0 Å². The van der Waals surface area contributed by atoms with E-state index in [2.05, 4.69) is 15.6 Å². The van der Waals surface area contributed by atoms with Crippen LogP contribution >= 0.6 is 11.3 Å². The number of nitrogens with zero attached hydrogens (tertiary/aromatic N) is 1. The van der Waals surface area contributed by atoms with Crippen LogP contribution in [0.5, 0.6) is 0 Å². The Labute approximate surface area is 160 Å². The molecule has 0 spiro atoms. The fourth-order valence-corrected chi connectivity index (χ4v) is 3.94. The molecule has 0 saturated heterocycles. The minimum absolute atomic E-state index is 0.291. The quantitative estimate of drug-likeness (QED) is 0.739. The van der Waals surface area contributed by atoms with Gasteiger partial charge in [-0.1, -0.05) is 12.1 Å². The Morgan fingerprint density at radius 3 is 2.59 bits per heavy atom. The molecular weight excluding hydrogens is 372 g/mol. The molecule has 1 saturated carbocycles. The van der Waals surface area contributed by atoms with Gasteiger partial charge in [0.25, 0.3) is 0 Å². The van der Waals surface area contributed by atoms with Crippen molar-refractivity contribution in [2.24, 2.45) is 5.92 Å². The Bertz CT molecular complexity index is 817. The number of hydrogen-bond acceptors (Lipinski definition) is 4. The molecule has 0 aliphatic heterocycles. The molecule has 0 radical (unpaired) electrons. The monoisotopic (exact) mass is 393 g/mol. The molecule has 1 aliphatic rings. The van der Waals surface area contributed by atoms with E-state index in [-0.39, 0.29) is 5.82 Å². The molecule has 1 heterocycles. The number of thiazole rings is 1. The minimum Gasteiger partial charge on any atom is -0.348 e. The topological polar surface area (TPSA) is 71.1 Å². The van der Waals surface area contributed by atoms with Gasteiger partial charge < -0.3 is 5.32 Å². The SMILES string of the molecule is Cc1nc(NC(=O)C(=O)NCCC2CC(F)C2)sc1Cc1ccc(F)cc1. The first-order chi connectivity index (χ1) is 12.9. The maximum absolute atomic E-state index is 13.0. The first-order valence-electron chi connectivity index (χ1n) is 8.84. The largest absolute Gasteiger partial charge is 0.348 e. The molecule has 0 bridgehead atoms. The van der Waals surface area contributed by atoms with Crippen molar-refractivity contribution in [3.05, 3.63) is 46.2 Å². The van der Waals surface area contributed by atoms with Gasteiger partial charge in [-0.05, 0) is 49.8 Å². The smallest absolute Gasteiger partial charge is 0.315 e. The van der Waals surface area contributed by atoms with Gasteiger partial charge in [0.1, 0.15) is 12.0 Å². The van der Waals surface area contributed by atoms with E-state index in [1.165, 1.54) is 23.5 Å². The molecule has 1 aromatic carbocycles. The summed E-state index contributed by atoms with van der Waals surface area (Å²) in [5, 5.41) is 5.41. The van der Waals surface area contributed by atoms with E-state index in [0.29, 0.717) is 43.3 Å². The van der Waals surface area contributed by atoms with Gasteiger partial charge in [0, 0.05) is 17.8 Å². The molecule has 0 unspecified atom stereocenters. The lowest BCUT2D eigenvalue weighted by Crippen LogP contribution is -2.37. The Kier molecular flexibility index (Phi) is 6.15. The number of carbonyl (C=O) groups is 2. The Morgan fingerprint density at radius 1 is 1.22 bits per heavy atom. The van der Waals surface area contributed by atoms with Crippen molar-refractivity contribution in [3.8, 4) is 0 Å². The highest BCUT2D eigenvalue weighted by molar-refractivity contribution is 7.16. The first kappa shape index (κ1) is 19.4. The number of amides is 2. The lowest BCUT2D eigenvalue weighted by molar-refractivity contribution is -0.136. The van der Waals surface area contributed by atoms with Crippen molar-refractivity contribution in [3.63, 3.8) is 0 Å². The number of carbonyl (C=O) groups excluding carboxylic acids is 2. The van der Waals surface area contributed by atoms with Crippen molar-refractivity contribution in [2.75, 3.05) is 11.9 Å². The maximum Gasteiger partial charge on any atom is 0.315 e. The summed E-state index contributed by atoms with van der Waals surface area (Å²) in [5.41, 5.74) is 1.69. The molecule has 2 aromatic rings. The van der Waals surface area contributed by atoms with E-state index in [0.717, 1.165) is 16.1 Å². The summed E-state index contributed by atoms with van der Waals surface area (Å²) in [6.45, 7) is 2.18. The zero-order chi connectivity index (χ0) is 19.4. The average Bonchev–Trinajstić information content (AvgIpc) is 2.94. The van der Waals surface area contributed by atoms with Crippen molar-refractivity contribution in [2.45, 2.75) is 38.8 Å². The molecule has 1 aromatic heterocycles. The Balaban J connectivity index is 1.48. The molecule has 8 heteroatoms. The second-order valence-corrected chi connectivity index (χ2v) is 7.85. The minimum atomic E-state index is -0.769. The number of rotatable bonds is 6. The average molecular weight is 393 g/mol. The number of nitrogens with one attached hydrogen (secondary N) is 2. The predicted molar refractivity (Wildman–Crippen MR) is 99.9 cm³/mol. The highest BCUT2D eigenvalue weighted by atomic mass is 32.1. The van der Waals surface area contributed by atoms with Crippen LogP contribution in [0.2, 0.25) is 0 Å². The number of anilines is 1. The second kappa shape index (κ2) is 8.56. The van der Waals surface area contributed by atoms with Gasteiger partial charge in [0.05, 0.1) is 5.69 Å². The highest BCUT2D eigenvalue weighted by Gasteiger charge is 2.28. The molecular formula is C19H21F2N3O2S. The summed E-state index contributed by atoms with van der Waals surface area (Å²) >= 11 is 1.29. The van der Waals surface area contributed by atoms with Crippen molar-refractivity contribution >= 4 is 28.3 Å². The molecule has 1 fully saturated rings. The standard InChI is InChI=1S/C19H21F2N3O2S/c1-11-16(10-12-2-4-14(20)5-3-12)27-19(23-11)24-18(26)17(25)22-7-6-13-8-15(21)9-13/h2-5,13,15H,6-10H2,1H3,(H,22,25)(H,23,24,26). The lowest BCUT2D eigenvalue weighted by Gasteiger charge is -2.29. The van der Waals surface area contributed by atoms with Crippen molar-refractivity contribution in [1.29, 1.82) is 0 Å². The maximum atomic E-state index is 13.0. The van der Waals surface area contributed by atoms with Gasteiger partial charge in [0.15, 0.2) is 5.13 Å². The van der Waals surface area contributed by atoms with Crippen LogP contribution in [0.4, 0.5) is 13.9 Å². The summed E-state index contributed by atoms with van der Waals surface area (Å²) in [7, 11) is 0. The van der Waals surface area contributed by atoms with Crippen LogP contribution in [0, 0.1) is 18.7 Å². The number of alkyl halides is 1. The molecule has 5 nitrogen and oxygen atoms in total. The fraction of sp³-hybridized carbons (Fsp3) is 0.421. The molecule has 2 N–H and O–H groups in total. The molecule has 1 aliphatic carbocycles. The van der Waals surface area contributed by atoms with Gasteiger partial charge >= 0.3 is 11.8 Å². The zero-order valence-electron chi connectivity index (χ0n) is 14.9. The number of aryl methyl sites for hydroxylation is 1. The Hall–Kier alpha value is -2.35. The van der Waals surface area contributed by atoms with Crippen LogP contribution < -0.4 is 10.6 Å². The van der Waals surface area contributed by atoms with Crippen LogP contribution in [-0.4, -0.2) is 29.5 Å². The molecule has 2 amide bonds. The van der Waals surface area contributed by atoms with Gasteiger partial charge in [-0.25, -0.2) is 13.8 Å². The van der Waals surface area contributed by atoms with Gasteiger partial charge in [-0.15, -0.1) is 11.3 Å². The molecule has 3 rings (SSSR count). The van der Waals surface area contributed by atoms with Crippen LogP contribution in [0.25, 0.3) is 0 Å². The van der Waals surface area contributed by atoms with Crippen LogP contribution in [0.15, 0.2) is 24.3 Å². The van der Waals surface area contributed by atoms with E-state index >= 15 is 0 Å². The summed E-state index contributed by atoms with van der Waals surface area (Å²) in [4.78, 5) is 29.1. The van der Waals surface area contributed by atoms with Crippen molar-refractivity contribution in [1.82, 2.24) is 10.3 Å². The number of benzene rings is 1. The lowest BCUT2D eigenvalue weighted by atomic mass is 9.81. The number of halogens is 2. The highest BCUT2D eigenvalue weighted by Crippen LogP contribution is 2.32. The summed E-state index contributed by atoms with van der Waals surface area (Å²) in [6.07, 6.45) is 1.61. The zero-order valence-corrected chi connectivity index (χ0v) is 15.7. The third-order valence-electron chi connectivity index (χ3n) is 4.61. The molecule has 0 atom stereocenters. The second-order valence-electron chi connectivity index (χ2n) is 6.76. The van der Waals surface area contributed by atoms with Crippen LogP contribution in [-0.2, 0) is 16.0 Å². The summed E-state index contributed by atoms with van der Waals surface area (Å²) in [6, 6.07) is 6.20.